The third-order valence-electron chi connectivity index (χ3n) is 6.22. The van der Waals surface area contributed by atoms with E-state index in [2.05, 4.69) is 49.6 Å². The summed E-state index contributed by atoms with van der Waals surface area (Å²) >= 11 is 0. The van der Waals surface area contributed by atoms with Crippen LogP contribution in [-0.4, -0.2) is 31.1 Å². The minimum absolute atomic E-state index is 0.210. The number of ether oxygens (including phenoxy) is 1. The summed E-state index contributed by atoms with van der Waals surface area (Å²) in [5.41, 5.74) is 0.682. The summed E-state index contributed by atoms with van der Waals surface area (Å²) < 4.78 is 5.58. The van der Waals surface area contributed by atoms with Crippen LogP contribution in [0.4, 0.5) is 0 Å². The van der Waals surface area contributed by atoms with Crippen LogP contribution in [0.1, 0.15) is 87.5 Å². The summed E-state index contributed by atoms with van der Waals surface area (Å²) in [7, 11) is 1.76. The fraction of sp³-hybridized carbons (Fsp3) is 0.613. The average molecular weight is 501 g/mol. The molecule has 2 amide bonds. The second-order valence-electron chi connectivity index (χ2n) is 10.6. The summed E-state index contributed by atoms with van der Waals surface area (Å²) in [4.78, 5) is 25.3. The van der Waals surface area contributed by atoms with Crippen LogP contribution in [0.3, 0.4) is 0 Å². The number of methoxy groups -OCH3 is 1. The van der Waals surface area contributed by atoms with Gasteiger partial charge in [0.25, 0.3) is 0 Å². The highest BCUT2D eigenvalue weighted by Crippen LogP contribution is 2.20. The number of nitrogens with one attached hydrogen (secondary N) is 2. The predicted octanol–water partition coefficient (Wildman–Crippen LogP) is 7.04. The highest BCUT2D eigenvalue weighted by atomic mass is 16.5. The molecule has 4 unspecified atom stereocenters. The Labute approximate surface area is 221 Å². The lowest BCUT2D eigenvalue weighted by molar-refractivity contribution is -0.129. The zero-order valence-corrected chi connectivity index (χ0v) is 24.3. The fourth-order valence-electron chi connectivity index (χ4n) is 3.92. The summed E-state index contributed by atoms with van der Waals surface area (Å²) in [5, 5.41) is 5.70. The Morgan fingerprint density at radius 1 is 1.03 bits per heavy atom. The third kappa shape index (κ3) is 14.9. The van der Waals surface area contributed by atoms with E-state index in [9.17, 15) is 9.59 Å². The minimum Gasteiger partial charge on any atom is -0.381 e. The smallest absolute Gasteiger partial charge is 0.247 e. The molecule has 0 radical (unpaired) electrons. The van der Waals surface area contributed by atoms with E-state index < -0.39 is 11.5 Å². The van der Waals surface area contributed by atoms with E-state index in [1.54, 1.807) is 19.4 Å². The molecule has 0 saturated heterocycles. The van der Waals surface area contributed by atoms with Crippen molar-refractivity contribution in [2.75, 3.05) is 7.11 Å². The maximum Gasteiger partial charge on any atom is 0.247 e. The number of hydrogen-bond acceptors (Lipinski definition) is 3. The topological polar surface area (TPSA) is 67.4 Å². The number of rotatable bonds is 16. The van der Waals surface area contributed by atoms with Gasteiger partial charge in [-0.05, 0) is 50.6 Å². The summed E-state index contributed by atoms with van der Waals surface area (Å²) in [5.74, 6) is 0.358. The van der Waals surface area contributed by atoms with Crippen molar-refractivity contribution in [2.24, 2.45) is 17.3 Å². The first-order chi connectivity index (χ1) is 17.0. The molecular formula is C31H52N2O3. The van der Waals surface area contributed by atoms with Crippen molar-refractivity contribution in [1.29, 1.82) is 0 Å². The van der Waals surface area contributed by atoms with Crippen LogP contribution < -0.4 is 10.6 Å². The molecular weight excluding hydrogens is 448 g/mol. The molecule has 0 aliphatic carbocycles. The summed E-state index contributed by atoms with van der Waals surface area (Å²) in [6, 6.07) is -0.652. The summed E-state index contributed by atoms with van der Waals surface area (Å²) in [6.45, 7) is 16.4. The van der Waals surface area contributed by atoms with E-state index in [1.807, 2.05) is 52.8 Å². The molecule has 0 spiro atoms. The van der Waals surface area contributed by atoms with Gasteiger partial charge in [-0.1, -0.05) is 102 Å². The molecule has 0 aromatic heterocycles. The number of hydrogen-bond donors (Lipinski definition) is 2. The molecule has 5 heteroatoms. The van der Waals surface area contributed by atoms with Gasteiger partial charge in [-0.15, -0.1) is 0 Å². The largest absolute Gasteiger partial charge is 0.381 e. The van der Waals surface area contributed by atoms with E-state index in [0.717, 1.165) is 37.7 Å². The van der Waals surface area contributed by atoms with Gasteiger partial charge in [-0.3, -0.25) is 9.59 Å². The maximum absolute atomic E-state index is 12.8. The molecule has 4 atom stereocenters. The van der Waals surface area contributed by atoms with Gasteiger partial charge in [0.05, 0.1) is 6.10 Å². The van der Waals surface area contributed by atoms with Crippen molar-refractivity contribution in [3.8, 4) is 0 Å². The summed E-state index contributed by atoms with van der Waals surface area (Å²) in [6.07, 6.45) is 22.4. The average Bonchev–Trinajstić information content (AvgIpc) is 2.82. The molecule has 0 fully saturated rings. The second-order valence-corrected chi connectivity index (χ2v) is 10.6. The Morgan fingerprint density at radius 2 is 1.67 bits per heavy atom. The van der Waals surface area contributed by atoms with Gasteiger partial charge in [-0.25, -0.2) is 0 Å². The lowest BCUT2D eigenvalue weighted by Gasteiger charge is -2.29. The lowest BCUT2D eigenvalue weighted by atomic mass is 9.86. The van der Waals surface area contributed by atoms with Crippen LogP contribution in [-0.2, 0) is 14.3 Å². The first-order valence-electron chi connectivity index (χ1n) is 13.4. The molecule has 0 aliphatic rings. The molecule has 0 saturated carbocycles. The third-order valence-corrected chi connectivity index (χ3v) is 6.22. The van der Waals surface area contributed by atoms with Crippen LogP contribution in [0.25, 0.3) is 0 Å². The Kier molecular flexibility index (Phi) is 17.6. The van der Waals surface area contributed by atoms with E-state index in [0.29, 0.717) is 11.8 Å². The standard InChI is InChI=1S/C31H52N2O3/c1-10-13-19-26(12-3)20-16-22-32-30(35)29(31(6,7)8)33-28(34)21-15-14-18-24(4)23-25(5)27(36-9)17-11-2/h10,13-16,18,21-23,25-27,29H,11-12,17,19-20H2,1-9H3,(H,32,35)(H,33,34). The predicted molar refractivity (Wildman–Crippen MR) is 153 cm³/mol. The molecule has 36 heavy (non-hydrogen) atoms. The number of carbonyl (C=O) groups excluding carboxylic acids is 2. The molecule has 5 nitrogen and oxygen atoms in total. The maximum atomic E-state index is 12.8. The van der Waals surface area contributed by atoms with Gasteiger partial charge < -0.3 is 15.4 Å². The number of carbonyl (C=O) groups is 2. The molecule has 0 aromatic carbocycles. The van der Waals surface area contributed by atoms with Gasteiger partial charge in [0.1, 0.15) is 6.04 Å². The first-order valence-corrected chi connectivity index (χ1v) is 13.4. The quantitative estimate of drug-likeness (QED) is 0.136. The molecule has 0 aliphatic heterocycles. The first kappa shape index (κ1) is 33.6. The van der Waals surface area contributed by atoms with Crippen LogP contribution in [0.5, 0.6) is 0 Å². The van der Waals surface area contributed by atoms with Crippen molar-refractivity contribution >= 4 is 11.8 Å². The van der Waals surface area contributed by atoms with Crippen LogP contribution in [0, 0.1) is 17.3 Å². The van der Waals surface area contributed by atoms with Gasteiger partial charge in [0.15, 0.2) is 0 Å². The van der Waals surface area contributed by atoms with Crippen molar-refractivity contribution < 1.29 is 14.3 Å². The van der Waals surface area contributed by atoms with E-state index in [-0.39, 0.29) is 17.9 Å². The second kappa shape index (κ2) is 18.8. The van der Waals surface area contributed by atoms with E-state index in [1.165, 1.54) is 6.08 Å². The molecule has 2 N–H and O–H groups in total. The van der Waals surface area contributed by atoms with Gasteiger partial charge >= 0.3 is 0 Å². The van der Waals surface area contributed by atoms with Gasteiger partial charge in [0.2, 0.25) is 11.8 Å². The fourth-order valence-corrected chi connectivity index (χ4v) is 3.92. The molecule has 0 bridgehead atoms. The Hall–Kier alpha value is -2.40. The Bertz CT molecular complexity index is 784. The van der Waals surface area contributed by atoms with Crippen molar-refractivity contribution in [3.63, 3.8) is 0 Å². The highest BCUT2D eigenvalue weighted by molar-refractivity contribution is 5.93. The normalized spacial score (nSPS) is 16.6. The van der Waals surface area contributed by atoms with Crippen molar-refractivity contribution in [3.05, 3.63) is 60.4 Å². The highest BCUT2D eigenvalue weighted by Gasteiger charge is 2.31. The zero-order valence-electron chi connectivity index (χ0n) is 24.3. The monoisotopic (exact) mass is 500 g/mol. The molecule has 204 valence electrons. The van der Waals surface area contributed by atoms with E-state index >= 15 is 0 Å². The number of allylic oxidation sites excluding steroid dienone is 7. The van der Waals surface area contributed by atoms with E-state index in [4.69, 9.17) is 4.74 Å². The van der Waals surface area contributed by atoms with Gasteiger partial charge in [-0.2, -0.15) is 0 Å². The van der Waals surface area contributed by atoms with Crippen LogP contribution in [0.2, 0.25) is 0 Å². The number of amides is 2. The lowest BCUT2D eigenvalue weighted by Crippen LogP contribution is -2.52. The minimum atomic E-state index is -0.652. The van der Waals surface area contributed by atoms with Gasteiger partial charge in [0, 0.05) is 19.1 Å². The van der Waals surface area contributed by atoms with Crippen molar-refractivity contribution in [2.45, 2.75) is 99.6 Å². The molecule has 0 heterocycles. The Morgan fingerprint density at radius 3 is 2.22 bits per heavy atom. The Balaban J connectivity index is 4.97. The zero-order chi connectivity index (χ0) is 27.6. The molecule has 0 aromatic rings. The SMILES string of the molecule is CC=CCC(CC)CC=CNC(=O)C(NC(=O)C=CC=CC(C)=CC(C)C(CCC)OC)C(C)(C)C. The molecule has 0 rings (SSSR count). The van der Waals surface area contributed by atoms with Crippen molar-refractivity contribution in [1.82, 2.24) is 10.6 Å². The van der Waals surface area contributed by atoms with Crippen LogP contribution in [0.15, 0.2) is 60.4 Å². The van der Waals surface area contributed by atoms with Crippen LogP contribution >= 0.6 is 0 Å².